The number of carbonyl (C=O) groups is 3. The van der Waals surface area contributed by atoms with Gasteiger partial charge in [-0.25, -0.2) is 0 Å². The highest BCUT2D eigenvalue weighted by atomic mass is 16.4. The van der Waals surface area contributed by atoms with Crippen molar-refractivity contribution in [3.8, 4) is 0 Å². The average molecular weight is 290 g/mol. The lowest BCUT2D eigenvalue weighted by Gasteiger charge is -2.41. The van der Waals surface area contributed by atoms with E-state index in [0.717, 1.165) is 6.42 Å². The van der Waals surface area contributed by atoms with Crippen LogP contribution in [0.1, 0.15) is 43.0 Å². The molecule has 1 aromatic rings. The second kappa shape index (κ2) is 5.95. The number of hydrogen-bond acceptors (Lipinski definition) is 3. The molecule has 0 bridgehead atoms. The quantitative estimate of drug-likeness (QED) is 0.770. The van der Waals surface area contributed by atoms with E-state index in [2.05, 4.69) is 10.6 Å². The number of carboxylic acid groups (broad SMARTS) is 1. The molecule has 1 aliphatic rings. The minimum absolute atomic E-state index is 0.0529. The van der Waals surface area contributed by atoms with Gasteiger partial charge in [-0.15, -0.1) is 0 Å². The molecule has 1 aromatic carbocycles. The molecule has 2 rings (SSSR count). The second-order valence-corrected chi connectivity index (χ2v) is 5.42. The Hall–Kier alpha value is -2.37. The standard InChI is InChI=1S/C15H18N2O4/c1-10(18)16-12-5-3-11(4-6-12)14(21)17-15(7-2-8-15)9-13(19)20/h3-6H,2,7-9H2,1H3,(H,16,18)(H,17,21)(H,19,20). The van der Waals surface area contributed by atoms with Crippen LogP contribution in [0, 0.1) is 0 Å². The summed E-state index contributed by atoms with van der Waals surface area (Å²) < 4.78 is 0. The molecule has 0 aromatic heterocycles. The highest BCUT2D eigenvalue weighted by molar-refractivity contribution is 5.96. The number of anilines is 1. The van der Waals surface area contributed by atoms with Crippen LogP contribution in [0.25, 0.3) is 0 Å². The van der Waals surface area contributed by atoms with Crippen molar-refractivity contribution < 1.29 is 19.5 Å². The largest absolute Gasteiger partial charge is 0.481 e. The number of carboxylic acids is 1. The number of rotatable bonds is 5. The fourth-order valence-corrected chi connectivity index (χ4v) is 2.46. The lowest BCUT2D eigenvalue weighted by Crippen LogP contribution is -2.54. The van der Waals surface area contributed by atoms with Crippen molar-refractivity contribution in [2.45, 2.75) is 38.1 Å². The molecule has 21 heavy (non-hydrogen) atoms. The van der Waals surface area contributed by atoms with Gasteiger partial charge in [0.15, 0.2) is 0 Å². The summed E-state index contributed by atoms with van der Waals surface area (Å²) in [6, 6.07) is 6.49. The Morgan fingerprint density at radius 3 is 2.24 bits per heavy atom. The van der Waals surface area contributed by atoms with Gasteiger partial charge in [0, 0.05) is 18.2 Å². The van der Waals surface area contributed by atoms with Crippen LogP contribution in [-0.2, 0) is 9.59 Å². The van der Waals surface area contributed by atoms with E-state index in [-0.39, 0.29) is 18.2 Å². The number of amides is 2. The van der Waals surface area contributed by atoms with E-state index in [1.165, 1.54) is 6.92 Å². The van der Waals surface area contributed by atoms with Crippen molar-refractivity contribution in [1.82, 2.24) is 5.32 Å². The molecule has 112 valence electrons. The smallest absolute Gasteiger partial charge is 0.305 e. The Morgan fingerprint density at radius 1 is 1.19 bits per heavy atom. The molecule has 1 fully saturated rings. The first-order valence-electron chi connectivity index (χ1n) is 6.82. The molecule has 0 atom stereocenters. The third kappa shape index (κ3) is 3.81. The van der Waals surface area contributed by atoms with Gasteiger partial charge in [-0.2, -0.15) is 0 Å². The lowest BCUT2D eigenvalue weighted by molar-refractivity contribution is -0.139. The van der Waals surface area contributed by atoms with E-state index >= 15 is 0 Å². The maximum atomic E-state index is 12.2. The summed E-state index contributed by atoms with van der Waals surface area (Å²) in [7, 11) is 0. The third-order valence-corrected chi connectivity index (χ3v) is 3.65. The maximum Gasteiger partial charge on any atom is 0.305 e. The SMILES string of the molecule is CC(=O)Nc1ccc(C(=O)NC2(CC(=O)O)CCC2)cc1. The minimum atomic E-state index is -0.906. The molecule has 0 radical (unpaired) electrons. The molecule has 2 amide bonds. The van der Waals surface area contributed by atoms with E-state index in [1.807, 2.05) is 0 Å². The van der Waals surface area contributed by atoms with Gasteiger partial charge < -0.3 is 15.7 Å². The van der Waals surface area contributed by atoms with Gasteiger partial charge in [-0.05, 0) is 43.5 Å². The predicted octanol–water partition coefficient (Wildman–Crippen LogP) is 1.77. The van der Waals surface area contributed by atoms with E-state index in [0.29, 0.717) is 24.1 Å². The van der Waals surface area contributed by atoms with Crippen molar-refractivity contribution >= 4 is 23.5 Å². The molecule has 0 aliphatic heterocycles. The first-order chi connectivity index (χ1) is 9.90. The van der Waals surface area contributed by atoms with Crippen LogP contribution in [0.4, 0.5) is 5.69 Å². The molecule has 0 unspecified atom stereocenters. The molecule has 1 aliphatic carbocycles. The summed E-state index contributed by atoms with van der Waals surface area (Å²) >= 11 is 0. The third-order valence-electron chi connectivity index (χ3n) is 3.65. The molecule has 6 heteroatoms. The van der Waals surface area contributed by atoms with E-state index < -0.39 is 11.5 Å². The summed E-state index contributed by atoms with van der Waals surface area (Å²) in [6.07, 6.45) is 2.25. The molecule has 0 saturated heterocycles. The fourth-order valence-electron chi connectivity index (χ4n) is 2.46. The van der Waals surface area contributed by atoms with Crippen LogP contribution in [0.2, 0.25) is 0 Å². The fraction of sp³-hybridized carbons (Fsp3) is 0.400. The van der Waals surface area contributed by atoms with Crippen LogP contribution in [0.5, 0.6) is 0 Å². The summed E-state index contributed by atoms with van der Waals surface area (Å²) in [5.74, 6) is -1.37. The van der Waals surface area contributed by atoms with Crippen molar-refractivity contribution in [1.29, 1.82) is 0 Å². The van der Waals surface area contributed by atoms with Gasteiger partial charge in [0.25, 0.3) is 5.91 Å². The number of carbonyl (C=O) groups excluding carboxylic acids is 2. The zero-order valence-electron chi connectivity index (χ0n) is 11.8. The van der Waals surface area contributed by atoms with E-state index in [1.54, 1.807) is 24.3 Å². The Balaban J connectivity index is 2.02. The highest BCUT2D eigenvalue weighted by Crippen LogP contribution is 2.35. The van der Waals surface area contributed by atoms with Gasteiger partial charge in [0.2, 0.25) is 5.91 Å². The van der Waals surface area contributed by atoms with E-state index in [4.69, 9.17) is 5.11 Å². The molecule has 0 heterocycles. The Kier molecular flexibility index (Phi) is 4.26. The minimum Gasteiger partial charge on any atom is -0.481 e. The van der Waals surface area contributed by atoms with Crippen LogP contribution < -0.4 is 10.6 Å². The van der Waals surface area contributed by atoms with Gasteiger partial charge >= 0.3 is 5.97 Å². The van der Waals surface area contributed by atoms with Gasteiger partial charge in [0.1, 0.15) is 0 Å². The monoisotopic (exact) mass is 290 g/mol. The van der Waals surface area contributed by atoms with Crippen molar-refractivity contribution in [2.75, 3.05) is 5.32 Å². The zero-order chi connectivity index (χ0) is 15.5. The van der Waals surface area contributed by atoms with Crippen LogP contribution >= 0.6 is 0 Å². The first kappa shape index (κ1) is 15.0. The predicted molar refractivity (Wildman–Crippen MR) is 77.0 cm³/mol. The van der Waals surface area contributed by atoms with Crippen molar-refractivity contribution in [3.05, 3.63) is 29.8 Å². The van der Waals surface area contributed by atoms with Crippen LogP contribution in [0.15, 0.2) is 24.3 Å². The van der Waals surface area contributed by atoms with Gasteiger partial charge in [-0.3, -0.25) is 14.4 Å². The normalized spacial score (nSPS) is 15.7. The number of benzene rings is 1. The summed E-state index contributed by atoms with van der Waals surface area (Å²) in [6.45, 7) is 1.41. The molecular weight excluding hydrogens is 272 g/mol. The Labute approximate surface area is 122 Å². The number of aliphatic carboxylic acids is 1. The number of hydrogen-bond donors (Lipinski definition) is 3. The molecule has 3 N–H and O–H groups in total. The highest BCUT2D eigenvalue weighted by Gasteiger charge is 2.40. The van der Waals surface area contributed by atoms with Gasteiger partial charge in [-0.1, -0.05) is 0 Å². The summed E-state index contributed by atoms with van der Waals surface area (Å²) in [5, 5.41) is 14.4. The van der Waals surface area contributed by atoms with Gasteiger partial charge in [0.05, 0.1) is 12.0 Å². The molecule has 1 saturated carbocycles. The van der Waals surface area contributed by atoms with Crippen LogP contribution in [0.3, 0.4) is 0 Å². The molecule has 0 spiro atoms. The topological polar surface area (TPSA) is 95.5 Å². The molecule has 6 nitrogen and oxygen atoms in total. The summed E-state index contributed by atoms with van der Waals surface area (Å²) in [4.78, 5) is 34.0. The maximum absolute atomic E-state index is 12.2. The van der Waals surface area contributed by atoms with Crippen molar-refractivity contribution in [2.24, 2.45) is 0 Å². The average Bonchev–Trinajstić information content (AvgIpc) is 2.35. The Bertz CT molecular complexity index is 562. The number of nitrogens with one attached hydrogen (secondary N) is 2. The Morgan fingerprint density at radius 2 is 1.81 bits per heavy atom. The lowest BCUT2D eigenvalue weighted by atomic mass is 9.74. The molecular formula is C15H18N2O4. The van der Waals surface area contributed by atoms with Crippen molar-refractivity contribution in [3.63, 3.8) is 0 Å². The zero-order valence-corrected chi connectivity index (χ0v) is 11.8. The summed E-state index contributed by atoms with van der Waals surface area (Å²) in [5.41, 5.74) is 0.447. The first-order valence-corrected chi connectivity index (χ1v) is 6.82. The van der Waals surface area contributed by atoms with Crippen LogP contribution in [-0.4, -0.2) is 28.4 Å². The second-order valence-electron chi connectivity index (χ2n) is 5.42. The van der Waals surface area contributed by atoms with E-state index in [9.17, 15) is 14.4 Å².